The minimum absolute atomic E-state index is 0.161. The maximum atomic E-state index is 13.2. The lowest BCUT2D eigenvalue weighted by atomic mass is 10.2. The molecule has 2 aromatic carbocycles. The van der Waals surface area contributed by atoms with E-state index in [0.29, 0.717) is 34.3 Å². The van der Waals surface area contributed by atoms with Gasteiger partial charge >= 0.3 is 0 Å². The average molecular weight is 495 g/mol. The van der Waals surface area contributed by atoms with Crippen molar-refractivity contribution >= 4 is 46.8 Å². The molecule has 32 heavy (non-hydrogen) atoms. The van der Waals surface area contributed by atoms with E-state index in [1.165, 1.54) is 41.4 Å². The molecule has 0 saturated carbocycles. The Kier molecular flexibility index (Phi) is 8.83. The van der Waals surface area contributed by atoms with Crippen LogP contribution in [0.15, 0.2) is 45.8 Å². The molecule has 0 saturated heterocycles. The largest absolute Gasteiger partial charge is 0.490 e. The van der Waals surface area contributed by atoms with E-state index in [0.717, 1.165) is 9.35 Å². The van der Waals surface area contributed by atoms with Crippen LogP contribution in [-0.4, -0.2) is 34.7 Å². The summed E-state index contributed by atoms with van der Waals surface area (Å²) in [5.74, 6) is 0.563. The first-order valence-electron chi connectivity index (χ1n) is 9.53. The van der Waals surface area contributed by atoms with Crippen molar-refractivity contribution in [1.29, 1.82) is 0 Å². The first-order chi connectivity index (χ1) is 15.4. The van der Waals surface area contributed by atoms with E-state index in [9.17, 15) is 9.18 Å². The molecule has 1 heterocycles. The zero-order chi connectivity index (χ0) is 22.9. The van der Waals surface area contributed by atoms with Crippen LogP contribution in [0.1, 0.15) is 23.1 Å². The Morgan fingerprint density at radius 1 is 1.25 bits per heavy atom. The Morgan fingerprint density at radius 2 is 2.09 bits per heavy atom. The fraction of sp³-hybridized carbons (Fsp3) is 0.238. The fourth-order valence-electron chi connectivity index (χ4n) is 2.46. The number of benzene rings is 2. The molecule has 0 unspecified atom stereocenters. The van der Waals surface area contributed by atoms with Gasteiger partial charge in [0, 0.05) is 5.56 Å². The number of thioether (sulfide) groups is 1. The van der Waals surface area contributed by atoms with E-state index < -0.39 is 5.82 Å². The highest BCUT2D eigenvalue weighted by atomic mass is 35.5. The van der Waals surface area contributed by atoms with Crippen LogP contribution < -0.4 is 14.9 Å². The first kappa shape index (κ1) is 24.0. The van der Waals surface area contributed by atoms with E-state index in [2.05, 4.69) is 20.7 Å². The summed E-state index contributed by atoms with van der Waals surface area (Å²) in [7, 11) is 0. The summed E-state index contributed by atoms with van der Waals surface area (Å²) in [6, 6.07) is 9.41. The van der Waals surface area contributed by atoms with Crippen molar-refractivity contribution in [3.05, 3.63) is 63.4 Å². The lowest BCUT2D eigenvalue weighted by molar-refractivity contribution is -0.118. The number of rotatable bonds is 10. The number of ether oxygens (including phenoxy) is 2. The van der Waals surface area contributed by atoms with Crippen LogP contribution in [0.5, 0.6) is 11.5 Å². The molecule has 0 atom stereocenters. The Labute approximate surface area is 198 Å². The number of carbonyl (C=O) groups excluding carboxylic acids is 1. The fourth-order valence-corrected chi connectivity index (χ4v) is 4.29. The second-order valence-electron chi connectivity index (χ2n) is 6.33. The Balaban J connectivity index is 1.57. The zero-order valence-corrected chi connectivity index (χ0v) is 19.7. The van der Waals surface area contributed by atoms with Crippen LogP contribution in [-0.2, 0) is 11.4 Å². The molecule has 11 heteroatoms. The monoisotopic (exact) mass is 494 g/mol. The molecule has 0 fully saturated rings. The second-order valence-corrected chi connectivity index (χ2v) is 9.14. The van der Waals surface area contributed by atoms with E-state index in [1.54, 1.807) is 24.3 Å². The summed E-state index contributed by atoms with van der Waals surface area (Å²) in [5, 5.41) is 13.0. The number of aromatic nitrogens is 2. The van der Waals surface area contributed by atoms with Gasteiger partial charge in [-0.1, -0.05) is 40.8 Å². The first-order valence-corrected chi connectivity index (χ1v) is 11.7. The summed E-state index contributed by atoms with van der Waals surface area (Å²) < 4.78 is 25.4. The number of hydrazone groups is 1. The number of nitrogens with one attached hydrogen (secondary N) is 1. The van der Waals surface area contributed by atoms with Gasteiger partial charge in [-0.25, -0.2) is 9.82 Å². The van der Waals surface area contributed by atoms with Gasteiger partial charge in [-0.05, 0) is 49.7 Å². The van der Waals surface area contributed by atoms with Gasteiger partial charge in [-0.2, -0.15) is 5.10 Å². The third-order valence-corrected chi connectivity index (χ3v) is 6.23. The summed E-state index contributed by atoms with van der Waals surface area (Å²) in [6.07, 6.45) is 1.51. The van der Waals surface area contributed by atoms with Crippen LogP contribution in [0.25, 0.3) is 0 Å². The summed E-state index contributed by atoms with van der Waals surface area (Å²) in [4.78, 5) is 11.9. The third-order valence-electron chi connectivity index (χ3n) is 3.90. The van der Waals surface area contributed by atoms with Gasteiger partial charge in [0.15, 0.2) is 15.8 Å². The molecule has 0 bridgehead atoms. The summed E-state index contributed by atoms with van der Waals surface area (Å²) in [6.45, 7) is 4.32. The quantitative estimate of drug-likeness (QED) is 0.246. The zero-order valence-electron chi connectivity index (χ0n) is 17.3. The second kappa shape index (κ2) is 11.8. The van der Waals surface area contributed by atoms with E-state index in [4.69, 9.17) is 21.1 Å². The maximum Gasteiger partial charge on any atom is 0.250 e. The van der Waals surface area contributed by atoms with Crippen LogP contribution in [0.3, 0.4) is 0 Å². The van der Waals surface area contributed by atoms with Crippen molar-refractivity contribution in [2.75, 3.05) is 12.4 Å². The van der Waals surface area contributed by atoms with Crippen molar-refractivity contribution < 1.29 is 18.7 Å². The van der Waals surface area contributed by atoms with Crippen LogP contribution in [0.4, 0.5) is 4.39 Å². The number of hydrogen-bond acceptors (Lipinski definition) is 8. The molecule has 1 aromatic heterocycles. The molecular weight excluding hydrogens is 475 g/mol. The van der Waals surface area contributed by atoms with Crippen LogP contribution >= 0.6 is 34.7 Å². The van der Waals surface area contributed by atoms with Crippen molar-refractivity contribution in [3.63, 3.8) is 0 Å². The molecule has 1 amide bonds. The molecule has 1 N–H and O–H groups in total. The Hall–Kier alpha value is -2.69. The number of nitrogens with zero attached hydrogens (tertiary/aromatic N) is 3. The number of carbonyl (C=O) groups is 1. The molecule has 168 valence electrons. The minimum atomic E-state index is -0.404. The normalized spacial score (nSPS) is 11.0. The van der Waals surface area contributed by atoms with Crippen molar-refractivity contribution in [3.8, 4) is 11.5 Å². The van der Waals surface area contributed by atoms with Crippen LogP contribution in [0, 0.1) is 12.7 Å². The van der Waals surface area contributed by atoms with Gasteiger partial charge in [0.1, 0.15) is 17.4 Å². The van der Waals surface area contributed by atoms with Gasteiger partial charge in [0.25, 0.3) is 5.91 Å². The number of halogens is 2. The molecule has 0 spiro atoms. The summed E-state index contributed by atoms with van der Waals surface area (Å²) >= 11 is 8.79. The molecule has 3 aromatic rings. The van der Waals surface area contributed by atoms with Gasteiger partial charge in [-0.3, -0.25) is 4.79 Å². The highest BCUT2D eigenvalue weighted by molar-refractivity contribution is 8.01. The summed E-state index contributed by atoms with van der Waals surface area (Å²) in [5.41, 5.74) is 3.85. The molecular formula is C21H20ClFN4O3S2. The lowest BCUT2D eigenvalue weighted by Crippen LogP contribution is -2.19. The predicted molar refractivity (Wildman–Crippen MR) is 124 cm³/mol. The topological polar surface area (TPSA) is 85.7 Å². The van der Waals surface area contributed by atoms with Crippen molar-refractivity contribution in [2.24, 2.45) is 5.10 Å². The minimum Gasteiger partial charge on any atom is -0.490 e. The highest BCUT2D eigenvalue weighted by Crippen LogP contribution is 2.30. The van der Waals surface area contributed by atoms with Gasteiger partial charge in [-0.15, -0.1) is 10.2 Å². The van der Waals surface area contributed by atoms with E-state index in [1.807, 2.05) is 13.8 Å². The number of amides is 1. The molecule has 3 rings (SSSR count). The average Bonchev–Trinajstić information content (AvgIpc) is 3.18. The van der Waals surface area contributed by atoms with Crippen molar-refractivity contribution in [2.45, 2.75) is 24.8 Å². The maximum absolute atomic E-state index is 13.2. The number of hydrogen-bond donors (Lipinski definition) is 1. The molecule has 0 aliphatic rings. The molecule has 0 aliphatic heterocycles. The van der Waals surface area contributed by atoms with Crippen LogP contribution in [0.2, 0.25) is 5.02 Å². The Morgan fingerprint density at radius 3 is 2.81 bits per heavy atom. The third kappa shape index (κ3) is 7.18. The van der Waals surface area contributed by atoms with E-state index >= 15 is 0 Å². The van der Waals surface area contributed by atoms with Gasteiger partial charge in [0.05, 0.1) is 23.6 Å². The SMILES string of the molecule is CCOc1cc(/C=N/NC(=O)CSc2nnc(C)s2)ccc1OCc1ccc(F)cc1Cl. The smallest absolute Gasteiger partial charge is 0.250 e. The number of aryl methyl sites for hydroxylation is 1. The highest BCUT2D eigenvalue weighted by Gasteiger charge is 2.09. The van der Waals surface area contributed by atoms with Gasteiger partial charge in [0.2, 0.25) is 0 Å². The van der Waals surface area contributed by atoms with E-state index in [-0.39, 0.29) is 18.3 Å². The molecule has 0 radical (unpaired) electrons. The lowest BCUT2D eigenvalue weighted by Gasteiger charge is -2.13. The Bertz CT molecular complexity index is 1110. The molecule has 0 aliphatic carbocycles. The predicted octanol–water partition coefficient (Wildman–Crippen LogP) is 4.86. The van der Waals surface area contributed by atoms with Gasteiger partial charge < -0.3 is 9.47 Å². The standard InChI is InChI=1S/C21H20ClFN4O3S2/c1-3-29-19-8-14(10-24-26-20(28)12-31-21-27-25-13(2)32-21)4-7-18(19)30-11-15-5-6-16(23)9-17(15)22/h4-10H,3,11-12H2,1-2H3,(H,26,28)/b24-10+. The van der Waals surface area contributed by atoms with Crippen molar-refractivity contribution in [1.82, 2.24) is 15.6 Å². The molecule has 7 nitrogen and oxygen atoms in total.